The van der Waals surface area contributed by atoms with E-state index < -0.39 is 0 Å². The smallest absolute Gasteiger partial charge is 0.0719 e. The molecule has 0 bridgehead atoms. The highest BCUT2D eigenvalue weighted by atomic mass is 16.5. The summed E-state index contributed by atoms with van der Waals surface area (Å²) in [4.78, 5) is 0. The van der Waals surface area contributed by atoms with E-state index in [-0.39, 0.29) is 6.10 Å². The molecule has 1 rings (SSSR count). The average molecular weight is 208 g/mol. The van der Waals surface area contributed by atoms with Crippen LogP contribution in [0.2, 0.25) is 0 Å². The molecular formula is C12H20N2O. The molecule has 15 heavy (non-hydrogen) atoms. The van der Waals surface area contributed by atoms with Gasteiger partial charge in [-0.25, -0.2) is 0 Å². The summed E-state index contributed by atoms with van der Waals surface area (Å²) in [5, 5.41) is 3.34. The van der Waals surface area contributed by atoms with E-state index in [2.05, 4.69) is 12.2 Å². The van der Waals surface area contributed by atoms with Crippen LogP contribution in [0.15, 0.2) is 18.2 Å². The van der Waals surface area contributed by atoms with Crippen LogP contribution in [-0.2, 0) is 4.74 Å². The van der Waals surface area contributed by atoms with E-state index in [1.165, 1.54) is 5.56 Å². The number of nitrogens with two attached hydrogens (primary N) is 1. The molecule has 1 aromatic rings. The zero-order valence-corrected chi connectivity index (χ0v) is 9.71. The maximum Gasteiger partial charge on any atom is 0.0719 e. The van der Waals surface area contributed by atoms with Gasteiger partial charge >= 0.3 is 0 Å². The van der Waals surface area contributed by atoms with E-state index in [4.69, 9.17) is 10.5 Å². The van der Waals surface area contributed by atoms with Crippen molar-refractivity contribution in [1.82, 2.24) is 0 Å². The number of rotatable bonds is 5. The highest BCUT2D eigenvalue weighted by Crippen LogP contribution is 2.17. The van der Waals surface area contributed by atoms with Crippen molar-refractivity contribution in [2.24, 2.45) is 0 Å². The Hall–Kier alpha value is -1.22. The summed E-state index contributed by atoms with van der Waals surface area (Å²) >= 11 is 0. The van der Waals surface area contributed by atoms with Gasteiger partial charge in [0.05, 0.1) is 6.10 Å². The summed E-state index contributed by atoms with van der Waals surface area (Å²) in [6, 6.07) is 5.87. The molecule has 3 N–H and O–H groups in total. The first-order valence-corrected chi connectivity index (χ1v) is 5.35. The van der Waals surface area contributed by atoms with E-state index in [0.717, 1.165) is 24.5 Å². The van der Waals surface area contributed by atoms with Crippen LogP contribution in [0.1, 0.15) is 19.4 Å². The normalized spacial score (nSPS) is 12.5. The number of nitrogens with one attached hydrogen (secondary N) is 1. The third kappa shape index (κ3) is 3.80. The van der Waals surface area contributed by atoms with Crippen LogP contribution in [0.5, 0.6) is 0 Å². The molecule has 3 nitrogen and oxygen atoms in total. The molecular weight excluding hydrogens is 188 g/mol. The van der Waals surface area contributed by atoms with Gasteiger partial charge in [-0.05, 0) is 44.5 Å². The molecule has 0 saturated carbocycles. The Kier molecular flexibility index (Phi) is 4.43. The minimum atomic E-state index is 0.229. The van der Waals surface area contributed by atoms with Crippen molar-refractivity contribution in [3.05, 3.63) is 23.8 Å². The Morgan fingerprint density at radius 1 is 1.47 bits per heavy atom. The fourth-order valence-electron chi connectivity index (χ4n) is 1.48. The summed E-state index contributed by atoms with van der Waals surface area (Å²) in [6.07, 6.45) is 0.229. The molecule has 0 radical (unpaired) electrons. The van der Waals surface area contributed by atoms with Gasteiger partial charge < -0.3 is 15.8 Å². The second-order valence-electron chi connectivity index (χ2n) is 3.72. The number of ether oxygens (including phenoxy) is 1. The van der Waals surface area contributed by atoms with E-state index in [0.29, 0.717) is 0 Å². The Morgan fingerprint density at radius 2 is 2.20 bits per heavy atom. The molecule has 0 amide bonds. The molecule has 0 fully saturated rings. The van der Waals surface area contributed by atoms with Gasteiger partial charge in [-0.2, -0.15) is 0 Å². The van der Waals surface area contributed by atoms with E-state index in [1.54, 1.807) is 0 Å². The van der Waals surface area contributed by atoms with Crippen LogP contribution >= 0.6 is 0 Å². The largest absolute Gasteiger partial charge is 0.399 e. The SMILES string of the molecule is CCOC(C)CNc1ccc(N)cc1C. The Bertz CT molecular complexity index is 312. The topological polar surface area (TPSA) is 47.3 Å². The first kappa shape index (κ1) is 11.9. The molecule has 0 spiro atoms. The molecule has 0 aliphatic heterocycles. The molecule has 1 atom stereocenters. The Labute approximate surface area is 91.6 Å². The van der Waals surface area contributed by atoms with Gasteiger partial charge in [0.2, 0.25) is 0 Å². The van der Waals surface area contributed by atoms with Crippen molar-refractivity contribution in [2.75, 3.05) is 24.2 Å². The van der Waals surface area contributed by atoms with Crippen LogP contribution in [0.25, 0.3) is 0 Å². The fourth-order valence-corrected chi connectivity index (χ4v) is 1.48. The Morgan fingerprint density at radius 3 is 2.80 bits per heavy atom. The summed E-state index contributed by atoms with van der Waals surface area (Å²) < 4.78 is 5.44. The molecule has 0 aliphatic carbocycles. The molecule has 0 aliphatic rings. The number of aryl methyl sites for hydroxylation is 1. The van der Waals surface area contributed by atoms with E-state index >= 15 is 0 Å². The van der Waals surface area contributed by atoms with Gasteiger partial charge in [0, 0.05) is 24.5 Å². The molecule has 0 heterocycles. The first-order valence-electron chi connectivity index (χ1n) is 5.35. The van der Waals surface area contributed by atoms with Gasteiger partial charge in [-0.1, -0.05) is 0 Å². The molecule has 84 valence electrons. The molecule has 0 aromatic heterocycles. The third-order valence-corrected chi connectivity index (χ3v) is 2.28. The lowest BCUT2D eigenvalue weighted by Crippen LogP contribution is -2.20. The maximum absolute atomic E-state index is 5.68. The van der Waals surface area contributed by atoms with Crippen molar-refractivity contribution in [1.29, 1.82) is 0 Å². The van der Waals surface area contributed by atoms with Crippen LogP contribution < -0.4 is 11.1 Å². The number of hydrogen-bond donors (Lipinski definition) is 2. The predicted molar refractivity (Wildman–Crippen MR) is 65.2 cm³/mol. The number of hydrogen-bond acceptors (Lipinski definition) is 3. The van der Waals surface area contributed by atoms with Gasteiger partial charge in [0.1, 0.15) is 0 Å². The minimum Gasteiger partial charge on any atom is -0.399 e. The summed E-state index contributed by atoms with van der Waals surface area (Å²) in [5.74, 6) is 0. The van der Waals surface area contributed by atoms with E-state index in [1.807, 2.05) is 32.0 Å². The highest BCUT2D eigenvalue weighted by molar-refractivity contribution is 5.57. The standard InChI is InChI=1S/C12H20N2O/c1-4-15-10(3)8-14-12-6-5-11(13)7-9(12)2/h5-7,10,14H,4,8,13H2,1-3H3. The monoisotopic (exact) mass is 208 g/mol. The predicted octanol–water partition coefficient (Wildman–Crippen LogP) is 2.41. The fraction of sp³-hybridized carbons (Fsp3) is 0.500. The quantitative estimate of drug-likeness (QED) is 0.730. The van der Waals surface area contributed by atoms with Gasteiger partial charge in [-0.15, -0.1) is 0 Å². The van der Waals surface area contributed by atoms with Crippen molar-refractivity contribution < 1.29 is 4.74 Å². The highest BCUT2D eigenvalue weighted by Gasteiger charge is 2.02. The first-order chi connectivity index (χ1) is 7.13. The third-order valence-electron chi connectivity index (χ3n) is 2.28. The summed E-state index contributed by atoms with van der Waals surface area (Å²) in [6.45, 7) is 7.68. The summed E-state index contributed by atoms with van der Waals surface area (Å²) in [5.41, 5.74) is 8.77. The van der Waals surface area contributed by atoms with Gasteiger partial charge in [0.15, 0.2) is 0 Å². The van der Waals surface area contributed by atoms with Gasteiger partial charge in [0.25, 0.3) is 0 Å². The van der Waals surface area contributed by atoms with Crippen molar-refractivity contribution in [3.63, 3.8) is 0 Å². The number of nitrogen functional groups attached to an aromatic ring is 1. The lowest BCUT2D eigenvalue weighted by atomic mass is 10.2. The lowest BCUT2D eigenvalue weighted by Gasteiger charge is -2.15. The molecule has 3 heteroatoms. The maximum atomic E-state index is 5.68. The van der Waals surface area contributed by atoms with Gasteiger partial charge in [-0.3, -0.25) is 0 Å². The number of benzene rings is 1. The van der Waals surface area contributed by atoms with Crippen molar-refractivity contribution in [3.8, 4) is 0 Å². The van der Waals surface area contributed by atoms with Crippen molar-refractivity contribution >= 4 is 11.4 Å². The molecule has 1 aromatic carbocycles. The molecule has 1 unspecified atom stereocenters. The Balaban J connectivity index is 2.50. The minimum absolute atomic E-state index is 0.229. The summed E-state index contributed by atoms with van der Waals surface area (Å²) in [7, 11) is 0. The van der Waals surface area contributed by atoms with Crippen molar-refractivity contribution in [2.45, 2.75) is 26.9 Å². The average Bonchev–Trinajstić information content (AvgIpc) is 2.17. The van der Waals surface area contributed by atoms with Crippen LogP contribution in [0, 0.1) is 6.92 Å². The molecule has 0 saturated heterocycles. The lowest BCUT2D eigenvalue weighted by molar-refractivity contribution is 0.0855. The van der Waals surface area contributed by atoms with Crippen LogP contribution in [0.4, 0.5) is 11.4 Å². The van der Waals surface area contributed by atoms with Crippen LogP contribution in [-0.4, -0.2) is 19.3 Å². The van der Waals surface area contributed by atoms with Crippen LogP contribution in [0.3, 0.4) is 0 Å². The zero-order chi connectivity index (χ0) is 11.3. The number of anilines is 2. The zero-order valence-electron chi connectivity index (χ0n) is 9.71. The second-order valence-corrected chi connectivity index (χ2v) is 3.72. The second kappa shape index (κ2) is 5.61. The van der Waals surface area contributed by atoms with E-state index in [9.17, 15) is 0 Å².